The molecule has 4 atom stereocenters. The first-order valence-corrected chi connectivity index (χ1v) is 13.9. The molecular formula is C24H29N3O6Si. The van der Waals surface area contributed by atoms with Crippen molar-refractivity contribution in [1.82, 2.24) is 9.13 Å². The lowest BCUT2D eigenvalue weighted by Crippen LogP contribution is -2.48. The molecule has 0 bridgehead atoms. The van der Waals surface area contributed by atoms with Gasteiger partial charge in [0.25, 0.3) is 11.5 Å². The molecule has 0 aliphatic carbocycles. The van der Waals surface area contributed by atoms with E-state index in [-0.39, 0.29) is 17.0 Å². The molecule has 0 N–H and O–H groups in total. The molecule has 1 saturated heterocycles. The van der Waals surface area contributed by atoms with E-state index in [0.29, 0.717) is 10.9 Å². The predicted octanol–water partition coefficient (Wildman–Crippen LogP) is 2.72. The first-order valence-electron chi connectivity index (χ1n) is 11.0. The minimum absolute atomic E-state index is 0.0491. The Labute approximate surface area is 198 Å². The normalized spacial score (nSPS) is 22.8. The van der Waals surface area contributed by atoms with E-state index in [1.54, 1.807) is 18.2 Å². The molecule has 1 aromatic heterocycles. The van der Waals surface area contributed by atoms with Crippen LogP contribution in [0.5, 0.6) is 0 Å². The molecule has 180 valence electrons. The van der Waals surface area contributed by atoms with Gasteiger partial charge in [0.2, 0.25) is 0 Å². The summed E-state index contributed by atoms with van der Waals surface area (Å²) in [5.41, 5.74) is -1.52. The SMILES string of the molecule is CC(C)(C)[Si](C)(C)O[C@H]1[C@@H](CC#N)[C@H](n2ccc(=O)n(C(=O)c3ccccc3)c2=O)O[C@@H]1C=O. The van der Waals surface area contributed by atoms with Crippen LogP contribution in [0.1, 0.15) is 43.8 Å². The summed E-state index contributed by atoms with van der Waals surface area (Å²) >= 11 is 0. The second-order valence-electron chi connectivity index (χ2n) is 9.85. The Balaban J connectivity index is 2.08. The van der Waals surface area contributed by atoms with E-state index < -0.39 is 49.8 Å². The number of hydrogen-bond donors (Lipinski definition) is 0. The Kier molecular flexibility index (Phi) is 7.21. The Morgan fingerprint density at radius 2 is 1.85 bits per heavy atom. The number of nitrogens with zero attached hydrogens (tertiary/aromatic N) is 3. The smallest absolute Gasteiger partial charge is 0.340 e. The Hall–Kier alpha value is -3.13. The Morgan fingerprint density at radius 3 is 2.41 bits per heavy atom. The van der Waals surface area contributed by atoms with Crippen LogP contribution in [-0.2, 0) is 14.0 Å². The van der Waals surface area contributed by atoms with Crippen molar-refractivity contribution >= 4 is 20.5 Å². The van der Waals surface area contributed by atoms with E-state index in [0.717, 1.165) is 10.6 Å². The quantitative estimate of drug-likeness (QED) is 0.457. The zero-order chi connectivity index (χ0) is 25.3. The first kappa shape index (κ1) is 25.5. The summed E-state index contributed by atoms with van der Waals surface area (Å²) in [6, 6.07) is 11.1. The monoisotopic (exact) mass is 483 g/mol. The van der Waals surface area contributed by atoms with Gasteiger partial charge in [0.1, 0.15) is 12.3 Å². The van der Waals surface area contributed by atoms with Gasteiger partial charge in [-0.1, -0.05) is 39.0 Å². The van der Waals surface area contributed by atoms with Crippen molar-refractivity contribution in [2.75, 3.05) is 0 Å². The third-order valence-electron chi connectivity index (χ3n) is 6.61. The number of benzene rings is 1. The molecule has 9 nitrogen and oxygen atoms in total. The highest BCUT2D eigenvalue weighted by Crippen LogP contribution is 2.43. The standard InChI is InChI=1S/C24H29N3O6Si/c1-24(2,3)34(4,5)33-20-17(11-13-25)22(32-18(20)15-28)26-14-12-19(29)27(23(26)31)21(30)16-9-7-6-8-10-16/h6-10,12,14-15,17-18,20,22H,11H2,1-5H3/t17-,18-,20+,22-/m1/s1. The number of carbonyl (C=O) groups is 2. The summed E-state index contributed by atoms with van der Waals surface area (Å²) in [5, 5.41) is 9.33. The Bertz CT molecular complexity index is 1220. The lowest BCUT2D eigenvalue weighted by atomic mass is 9.97. The van der Waals surface area contributed by atoms with Gasteiger partial charge < -0.3 is 14.0 Å². The third-order valence-corrected chi connectivity index (χ3v) is 11.1. The number of rotatable bonds is 6. The van der Waals surface area contributed by atoms with Gasteiger partial charge in [-0.2, -0.15) is 9.83 Å². The number of nitriles is 1. The fourth-order valence-electron chi connectivity index (χ4n) is 3.70. The van der Waals surface area contributed by atoms with Crippen LogP contribution in [0.2, 0.25) is 18.1 Å². The van der Waals surface area contributed by atoms with Gasteiger partial charge in [0, 0.05) is 30.2 Å². The highest BCUT2D eigenvalue weighted by atomic mass is 28.4. The summed E-state index contributed by atoms with van der Waals surface area (Å²) in [7, 11) is -2.37. The number of ether oxygens (including phenoxy) is 1. The molecule has 1 aromatic carbocycles. The van der Waals surface area contributed by atoms with Gasteiger partial charge in [0.05, 0.1) is 12.2 Å². The maximum Gasteiger partial charge on any atom is 0.340 e. The fraction of sp³-hybridized carbons (Fsp3) is 0.458. The van der Waals surface area contributed by atoms with E-state index in [4.69, 9.17) is 9.16 Å². The van der Waals surface area contributed by atoms with Crippen LogP contribution in [0, 0.1) is 17.2 Å². The first-order chi connectivity index (χ1) is 15.9. The van der Waals surface area contributed by atoms with Crippen LogP contribution in [0.25, 0.3) is 0 Å². The molecule has 1 aliphatic heterocycles. The van der Waals surface area contributed by atoms with Crippen molar-refractivity contribution < 1.29 is 18.8 Å². The summed E-state index contributed by atoms with van der Waals surface area (Å²) < 4.78 is 14.0. The molecule has 0 saturated carbocycles. The van der Waals surface area contributed by atoms with Crippen molar-refractivity contribution in [2.24, 2.45) is 5.92 Å². The number of aromatic nitrogens is 2. The minimum Gasteiger partial charge on any atom is -0.410 e. The predicted molar refractivity (Wildman–Crippen MR) is 127 cm³/mol. The second kappa shape index (κ2) is 9.62. The molecule has 10 heteroatoms. The van der Waals surface area contributed by atoms with Crippen LogP contribution in [-0.4, -0.2) is 41.9 Å². The van der Waals surface area contributed by atoms with E-state index in [1.807, 2.05) is 13.1 Å². The summed E-state index contributed by atoms with van der Waals surface area (Å²) in [5.74, 6) is -1.44. The largest absolute Gasteiger partial charge is 0.410 e. The maximum absolute atomic E-state index is 13.3. The highest BCUT2D eigenvalue weighted by molar-refractivity contribution is 6.74. The highest BCUT2D eigenvalue weighted by Gasteiger charge is 2.51. The number of hydrogen-bond acceptors (Lipinski definition) is 7. The summed E-state index contributed by atoms with van der Waals surface area (Å²) in [4.78, 5) is 50.6. The molecule has 2 aromatic rings. The van der Waals surface area contributed by atoms with E-state index in [9.17, 15) is 24.4 Å². The molecule has 1 aliphatic rings. The summed E-state index contributed by atoms with van der Waals surface area (Å²) in [6.45, 7) is 10.2. The minimum atomic E-state index is -2.37. The van der Waals surface area contributed by atoms with Crippen molar-refractivity contribution in [3.05, 3.63) is 69.0 Å². The molecule has 0 unspecified atom stereocenters. The van der Waals surface area contributed by atoms with Gasteiger partial charge in [-0.25, -0.2) is 4.79 Å². The van der Waals surface area contributed by atoms with Crippen molar-refractivity contribution in [1.29, 1.82) is 5.26 Å². The molecule has 2 heterocycles. The van der Waals surface area contributed by atoms with Crippen LogP contribution in [0.3, 0.4) is 0 Å². The zero-order valence-electron chi connectivity index (χ0n) is 19.9. The molecule has 0 radical (unpaired) electrons. The van der Waals surface area contributed by atoms with Crippen molar-refractivity contribution in [3.8, 4) is 6.07 Å². The molecule has 1 fully saturated rings. The second-order valence-corrected chi connectivity index (χ2v) is 14.6. The lowest BCUT2D eigenvalue weighted by molar-refractivity contribution is -0.122. The van der Waals surface area contributed by atoms with Crippen molar-refractivity contribution in [2.45, 2.75) is 63.8 Å². The van der Waals surface area contributed by atoms with Gasteiger partial charge >= 0.3 is 5.69 Å². The van der Waals surface area contributed by atoms with Gasteiger partial charge in [0.15, 0.2) is 14.6 Å². The lowest BCUT2D eigenvalue weighted by Gasteiger charge is -2.40. The molecule has 0 amide bonds. The molecule has 0 spiro atoms. The molecule has 34 heavy (non-hydrogen) atoms. The van der Waals surface area contributed by atoms with Crippen LogP contribution in [0.15, 0.2) is 52.2 Å². The Morgan fingerprint density at radius 1 is 1.21 bits per heavy atom. The van der Waals surface area contributed by atoms with E-state index >= 15 is 0 Å². The summed E-state index contributed by atoms with van der Waals surface area (Å²) in [6.07, 6.45) is -1.03. The molecular weight excluding hydrogens is 454 g/mol. The van der Waals surface area contributed by atoms with Crippen LogP contribution in [0.4, 0.5) is 0 Å². The topological polar surface area (TPSA) is 120 Å². The van der Waals surface area contributed by atoms with Crippen molar-refractivity contribution in [3.63, 3.8) is 0 Å². The van der Waals surface area contributed by atoms with Crippen LogP contribution < -0.4 is 11.2 Å². The maximum atomic E-state index is 13.3. The number of aldehydes is 1. The fourth-order valence-corrected chi connectivity index (χ4v) is 5.05. The number of carbonyl (C=O) groups excluding carboxylic acids is 2. The molecule has 3 rings (SSSR count). The zero-order valence-corrected chi connectivity index (χ0v) is 20.9. The average molecular weight is 484 g/mol. The van der Waals surface area contributed by atoms with Gasteiger partial charge in [-0.15, -0.1) is 0 Å². The average Bonchev–Trinajstić information content (AvgIpc) is 3.10. The third kappa shape index (κ3) is 4.73. The van der Waals surface area contributed by atoms with Gasteiger partial charge in [-0.3, -0.25) is 14.2 Å². The van der Waals surface area contributed by atoms with Gasteiger partial charge in [-0.05, 0) is 30.3 Å². The van der Waals surface area contributed by atoms with Crippen LogP contribution >= 0.6 is 0 Å². The van der Waals surface area contributed by atoms with E-state index in [2.05, 4.69) is 26.8 Å². The van der Waals surface area contributed by atoms with E-state index in [1.165, 1.54) is 18.3 Å².